The van der Waals surface area contributed by atoms with Crippen LogP contribution < -0.4 is 11.1 Å². The van der Waals surface area contributed by atoms with Gasteiger partial charge < -0.3 is 11.1 Å². The molecule has 2 amide bonds. The lowest BCUT2D eigenvalue weighted by Crippen LogP contribution is -2.38. The summed E-state index contributed by atoms with van der Waals surface area (Å²) in [5.74, 6) is 0. The van der Waals surface area contributed by atoms with Gasteiger partial charge in [0.25, 0.3) is 0 Å². The number of urea groups is 1. The molecule has 0 aliphatic rings. The van der Waals surface area contributed by atoms with Crippen molar-refractivity contribution in [2.24, 2.45) is 5.73 Å². The molecule has 0 atom stereocenters. The van der Waals surface area contributed by atoms with E-state index in [4.69, 9.17) is 5.73 Å². The summed E-state index contributed by atoms with van der Waals surface area (Å²) in [5, 5.41) is 2.84. The Balaban J connectivity index is 3.68. The molecule has 0 aromatic heterocycles. The van der Waals surface area contributed by atoms with E-state index in [1.54, 1.807) is 0 Å². The Hall–Kier alpha value is -0.730. The highest BCUT2D eigenvalue weighted by Crippen LogP contribution is 2.10. The average molecular weight is 214 g/mol. The number of carbonyl (C=O) groups is 1. The molecule has 0 aromatic rings. The van der Waals surface area contributed by atoms with Crippen LogP contribution in [0.1, 0.15) is 65.2 Å². The Bertz CT molecular complexity index is 150. The molecular weight excluding hydrogens is 188 g/mol. The molecule has 90 valence electrons. The summed E-state index contributed by atoms with van der Waals surface area (Å²) in [5.41, 5.74) is 5.15. The lowest BCUT2D eigenvalue weighted by atomic mass is 10.0. The molecule has 0 saturated carbocycles. The van der Waals surface area contributed by atoms with E-state index in [9.17, 15) is 4.79 Å². The topological polar surface area (TPSA) is 55.1 Å². The van der Waals surface area contributed by atoms with Crippen molar-refractivity contribution in [2.45, 2.75) is 71.3 Å². The largest absolute Gasteiger partial charge is 0.352 e. The second-order valence-corrected chi connectivity index (χ2v) is 4.20. The van der Waals surface area contributed by atoms with E-state index < -0.39 is 0 Å². The van der Waals surface area contributed by atoms with E-state index in [0.29, 0.717) is 6.04 Å². The van der Waals surface area contributed by atoms with Gasteiger partial charge in [-0.15, -0.1) is 0 Å². The summed E-state index contributed by atoms with van der Waals surface area (Å²) < 4.78 is 0. The highest BCUT2D eigenvalue weighted by Gasteiger charge is 2.09. The maximum Gasteiger partial charge on any atom is 0.312 e. The van der Waals surface area contributed by atoms with Crippen molar-refractivity contribution in [3.63, 3.8) is 0 Å². The van der Waals surface area contributed by atoms with Crippen molar-refractivity contribution in [1.82, 2.24) is 5.32 Å². The van der Waals surface area contributed by atoms with Crippen molar-refractivity contribution in [3.8, 4) is 0 Å². The summed E-state index contributed by atoms with van der Waals surface area (Å²) in [7, 11) is 0. The van der Waals surface area contributed by atoms with Crippen LogP contribution in [0.25, 0.3) is 0 Å². The zero-order chi connectivity index (χ0) is 11.5. The Morgan fingerprint density at radius 2 is 1.53 bits per heavy atom. The molecule has 0 bridgehead atoms. The van der Waals surface area contributed by atoms with Crippen LogP contribution in [0.2, 0.25) is 0 Å². The Kier molecular flexibility index (Phi) is 9.33. The molecule has 0 aliphatic carbocycles. The molecular formula is C12H26N2O. The number of nitrogens with two attached hydrogens (primary N) is 1. The van der Waals surface area contributed by atoms with Gasteiger partial charge in [0.2, 0.25) is 0 Å². The first-order valence-corrected chi connectivity index (χ1v) is 6.26. The Labute approximate surface area is 93.8 Å². The summed E-state index contributed by atoms with van der Waals surface area (Å²) in [6.07, 6.45) is 9.44. The monoisotopic (exact) mass is 214 g/mol. The number of primary amides is 1. The lowest BCUT2D eigenvalue weighted by Gasteiger charge is -2.17. The van der Waals surface area contributed by atoms with Gasteiger partial charge in [0.1, 0.15) is 0 Å². The van der Waals surface area contributed by atoms with E-state index in [0.717, 1.165) is 12.8 Å². The highest BCUT2D eigenvalue weighted by atomic mass is 16.2. The quantitative estimate of drug-likeness (QED) is 0.569. The maximum atomic E-state index is 10.8. The predicted molar refractivity (Wildman–Crippen MR) is 64.8 cm³/mol. The van der Waals surface area contributed by atoms with Gasteiger partial charge in [-0.05, 0) is 12.8 Å². The first kappa shape index (κ1) is 14.3. The standard InChI is InChI=1S/C12H26N2O/c1-3-5-7-9-11(14-12(13)15)10-8-6-4-2/h11H,3-10H2,1-2H3,(H3,13,14,15). The minimum Gasteiger partial charge on any atom is -0.352 e. The predicted octanol–water partition coefficient (Wildman–Crippen LogP) is 3.18. The van der Waals surface area contributed by atoms with E-state index >= 15 is 0 Å². The van der Waals surface area contributed by atoms with Gasteiger partial charge in [0, 0.05) is 6.04 Å². The zero-order valence-electron chi connectivity index (χ0n) is 10.2. The molecule has 0 heterocycles. The van der Waals surface area contributed by atoms with Crippen molar-refractivity contribution >= 4 is 6.03 Å². The van der Waals surface area contributed by atoms with Crippen LogP contribution in [0.5, 0.6) is 0 Å². The fourth-order valence-corrected chi connectivity index (χ4v) is 1.77. The van der Waals surface area contributed by atoms with Gasteiger partial charge in [-0.1, -0.05) is 52.4 Å². The second-order valence-electron chi connectivity index (χ2n) is 4.20. The molecule has 3 heteroatoms. The minimum atomic E-state index is -0.381. The van der Waals surface area contributed by atoms with Crippen LogP contribution >= 0.6 is 0 Å². The number of hydrogen-bond donors (Lipinski definition) is 2. The third-order valence-electron chi connectivity index (χ3n) is 2.66. The molecule has 0 unspecified atom stereocenters. The molecule has 0 spiro atoms. The summed E-state index contributed by atoms with van der Waals surface area (Å²) in [4.78, 5) is 10.8. The molecule has 3 nitrogen and oxygen atoms in total. The number of rotatable bonds is 9. The fourth-order valence-electron chi connectivity index (χ4n) is 1.77. The fraction of sp³-hybridized carbons (Fsp3) is 0.917. The molecule has 0 radical (unpaired) electrons. The van der Waals surface area contributed by atoms with Gasteiger partial charge in [-0.2, -0.15) is 0 Å². The summed E-state index contributed by atoms with van der Waals surface area (Å²) >= 11 is 0. The van der Waals surface area contributed by atoms with E-state index in [1.807, 2.05) is 0 Å². The second kappa shape index (κ2) is 9.81. The third kappa shape index (κ3) is 9.57. The molecule has 15 heavy (non-hydrogen) atoms. The smallest absolute Gasteiger partial charge is 0.312 e. The van der Waals surface area contributed by atoms with Gasteiger partial charge in [-0.3, -0.25) is 0 Å². The summed E-state index contributed by atoms with van der Waals surface area (Å²) in [6.45, 7) is 4.38. The number of nitrogens with one attached hydrogen (secondary N) is 1. The van der Waals surface area contributed by atoms with E-state index in [2.05, 4.69) is 19.2 Å². The van der Waals surface area contributed by atoms with Gasteiger partial charge in [-0.25, -0.2) is 4.79 Å². The molecule has 0 saturated heterocycles. The highest BCUT2D eigenvalue weighted by molar-refractivity contribution is 5.71. The number of carbonyl (C=O) groups excluding carboxylic acids is 1. The van der Waals surface area contributed by atoms with E-state index in [1.165, 1.54) is 38.5 Å². The van der Waals surface area contributed by atoms with Crippen LogP contribution in [-0.2, 0) is 0 Å². The van der Waals surface area contributed by atoms with Crippen LogP contribution in [0.4, 0.5) is 4.79 Å². The van der Waals surface area contributed by atoms with Crippen molar-refractivity contribution in [1.29, 1.82) is 0 Å². The normalized spacial score (nSPS) is 10.6. The molecule has 0 rings (SSSR count). The number of unbranched alkanes of at least 4 members (excludes halogenated alkanes) is 4. The summed E-state index contributed by atoms with van der Waals surface area (Å²) in [6, 6.07) is -0.0893. The lowest BCUT2D eigenvalue weighted by molar-refractivity contribution is 0.243. The van der Waals surface area contributed by atoms with Gasteiger partial charge >= 0.3 is 6.03 Å². The van der Waals surface area contributed by atoms with E-state index in [-0.39, 0.29) is 6.03 Å². The number of amides is 2. The van der Waals surface area contributed by atoms with Crippen molar-refractivity contribution in [3.05, 3.63) is 0 Å². The maximum absolute atomic E-state index is 10.8. The van der Waals surface area contributed by atoms with Crippen molar-refractivity contribution in [2.75, 3.05) is 0 Å². The molecule has 3 N–H and O–H groups in total. The Morgan fingerprint density at radius 1 is 1.07 bits per heavy atom. The first-order chi connectivity index (χ1) is 7.20. The minimum absolute atomic E-state index is 0.292. The van der Waals surface area contributed by atoms with Gasteiger partial charge in [0.15, 0.2) is 0 Å². The molecule has 0 aliphatic heterocycles. The van der Waals surface area contributed by atoms with Gasteiger partial charge in [0.05, 0.1) is 0 Å². The molecule has 0 fully saturated rings. The Morgan fingerprint density at radius 3 is 1.87 bits per heavy atom. The van der Waals surface area contributed by atoms with Crippen LogP contribution in [0.3, 0.4) is 0 Å². The SMILES string of the molecule is CCCCCC(CCCCC)NC(N)=O. The zero-order valence-corrected chi connectivity index (χ0v) is 10.2. The third-order valence-corrected chi connectivity index (χ3v) is 2.66. The van der Waals surface area contributed by atoms with Crippen LogP contribution in [0.15, 0.2) is 0 Å². The van der Waals surface area contributed by atoms with Crippen LogP contribution in [0, 0.1) is 0 Å². The molecule has 0 aromatic carbocycles. The number of hydrogen-bond acceptors (Lipinski definition) is 1. The van der Waals surface area contributed by atoms with Crippen molar-refractivity contribution < 1.29 is 4.79 Å². The average Bonchev–Trinajstić information content (AvgIpc) is 2.17. The first-order valence-electron chi connectivity index (χ1n) is 6.26. The van der Waals surface area contributed by atoms with Crippen LogP contribution in [-0.4, -0.2) is 12.1 Å².